The number of alkyl halides is 2. The first-order valence-corrected chi connectivity index (χ1v) is 7.45. The van der Waals surface area contributed by atoms with Crippen molar-refractivity contribution in [3.8, 4) is 0 Å². The molecule has 7 heteroatoms. The number of rotatable bonds is 4. The molecule has 2 aromatic carbocycles. The first-order valence-electron chi connectivity index (χ1n) is 5.78. The maximum absolute atomic E-state index is 13.7. The van der Waals surface area contributed by atoms with Crippen molar-refractivity contribution < 1.29 is 18.0 Å². The summed E-state index contributed by atoms with van der Waals surface area (Å²) in [5.74, 6) is -4.01. The van der Waals surface area contributed by atoms with Gasteiger partial charge in [0.1, 0.15) is 5.82 Å². The maximum Gasteiger partial charge on any atom is 0.288 e. The summed E-state index contributed by atoms with van der Waals surface area (Å²) in [5.41, 5.74) is 0.0392. The number of para-hydroxylation sites is 1. The number of hydrogen-bond donors (Lipinski definition) is 1. The predicted octanol–water partition coefficient (Wildman–Crippen LogP) is 5.16. The van der Waals surface area contributed by atoms with E-state index in [0.717, 1.165) is 6.07 Å². The van der Waals surface area contributed by atoms with Crippen LogP contribution in [-0.4, -0.2) is 11.7 Å². The van der Waals surface area contributed by atoms with Crippen LogP contribution in [-0.2, 0) is 0 Å². The average molecular weight is 376 g/mol. The fourth-order valence-electron chi connectivity index (χ4n) is 1.67. The van der Waals surface area contributed by atoms with E-state index in [1.165, 1.54) is 24.3 Å². The van der Waals surface area contributed by atoms with E-state index in [2.05, 4.69) is 21.2 Å². The molecule has 0 radical (unpaired) electrons. The minimum absolute atomic E-state index is 0.172. The molecular formula is C14H9BrF3NOS. The Morgan fingerprint density at radius 1 is 1.14 bits per heavy atom. The Balaban J connectivity index is 2.28. The molecule has 21 heavy (non-hydrogen) atoms. The molecule has 2 aromatic rings. The maximum atomic E-state index is 13.7. The first kappa shape index (κ1) is 15.9. The van der Waals surface area contributed by atoms with Gasteiger partial charge in [0, 0.05) is 9.37 Å². The quantitative estimate of drug-likeness (QED) is 0.748. The van der Waals surface area contributed by atoms with Crippen LogP contribution in [0.5, 0.6) is 0 Å². The Bertz CT molecular complexity index is 646. The molecule has 0 fully saturated rings. The highest BCUT2D eigenvalue weighted by Gasteiger charge is 2.17. The standard InChI is InChI=1S/C14H9BrF3NOS/c15-8-4-3-5-9(16)12(8)13(20)19-10-6-1-2-7-11(10)21-14(17)18/h1-7,14H,(H,19,20). The summed E-state index contributed by atoms with van der Waals surface area (Å²) in [6, 6.07) is 10.3. The van der Waals surface area contributed by atoms with Crippen LogP contribution in [0.25, 0.3) is 0 Å². The Labute approximate surface area is 131 Å². The summed E-state index contributed by atoms with van der Waals surface area (Å²) in [6.45, 7) is 0. The Kier molecular flexibility index (Phi) is 5.30. The molecule has 1 amide bonds. The molecule has 2 nitrogen and oxygen atoms in total. The van der Waals surface area contributed by atoms with Crippen LogP contribution >= 0.6 is 27.7 Å². The highest BCUT2D eigenvalue weighted by Crippen LogP contribution is 2.32. The third-order valence-corrected chi connectivity index (χ3v) is 3.99. The van der Waals surface area contributed by atoms with Crippen LogP contribution in [0.3, 0.4) is 0 Å². The number of hydrogen-bond acceptors (Lipinski definition) is 2. The molecule has 0 aliphatic carbocycles. The van der Waals surface area contributed by atoms with Crippen LogP contribution in [0.1, 0.15) is 10.4 Å². The number of anilines is 1. The largest absolute Gasteiger partial charge is 0.321 e. The molecule has 0 aliphatic heterocycles. The number of carbonyl (C=O) groups excluding carboxylic acids is 1. The topological polar surface area (TPSA) is 29.1 Å². The Morgan fingerprint density at radius 3 is 2.52 bits per heavy atom. The molecule has 0 heterocycles. The Hall–Kier alpha value is -1.47. The van der Waals surface area contributed by atoms with E-state index >= 15 is 0 Å². The van der Waals surface area contributed by atoms with Crippen molar-refractivity contribution in [2.24, 2.45) is 0 Å². The zero-order valence-corrected chi connectivity index (χ0v) is 12.8. The fraction of sp³-hybridized carbons (Fsp3) is 0.0714. The SMILES string of the molecule is O=C(Nc1ccccc1SC(F)F)c1c(F)cccc1Br. The van der Waals surface area contributed by atoms with E-state index in [-0.39, 0.29) is 16.1 Å². The van der Waals surface area contributed by atoms with E-state index in [9.17, 15) is 18.0 Å². The van der Waals surface area contributed by atoms with Gasteiger partial charge >= 0.3 is 0 Å². The molecule has 0 aliphatic rings. The zero-order valence-electron chi connectivity index (χ0n) is 10.4. The number of thioether (sulfide) groups is 1. The average Bonchev–Trinajstić information content (AvgIpc) is 2.40. The molecule has 0 atom stereocenters. The molecule has 0 saturated heterocycles. The van der Waals surface area contributed by atoms with Crippen LogP contribution in [0.15, 0.2) is 51.8 Å². The number of benzene rings is 2. The highest BCUT2D eigenvalue weighted by molar-refractivity contribution is 9.10. The molecule has 0 spiro atoms. The fourth-order valence-corrected chi connectivity index (χ4v) is 2.79. The van der Waals surface area contributed by atoms with Gasteiger partial charge in [-0.25, -0.2) is 4.39 Å². The molecule has 110 valence electrons. The van der Waals surface area contributed by atoms with Gasteiger partial charge in [0.25, 0.3) is 11.7 Å². The molecule has 0 bridgehead atoms. The van der Waals surface area contributed by atoms with Gasteiger partial charge in [-0.15, -0.1) is 0 Å². The number of halogens is 4. The van der Waals surface area contributed by atoms with Crippen LogP contribution in [0.4, 0.5) is 18.9 Å². The second kappa shape index (κ2) is 7.00. The van der Waals surface area contributed by atoms with Gasteiger partial charge in [-0.2, -0.15) is 8.78 Å². The van der Waals surface area contributed by atoms with Gasteiger partial charge in [-0.1, -0.05) is 30.0 Å². The van der Waals surface area contributed by atoms with Gasteiger partial charge < -0.3 is 5.32 Å². The number of carbonyl (C=O) groups is 1. The summed E-state index contributed by atoms with van der Waals surface area (Å²) >= 11 is 3.41. The number of amides is 1. The van der Waals surface area contributed by atoms with Crippen molar-refractivity contribution in [2.45, 2.75) is 10.7 Å². The van der Waals surface area contributed by atoms with E-state index in [0.29, 0.717) is 16.2 Å². The van der Waals surface area contributed by atoms with E-state index in [1.807, 2.05) is 0 Å². The van der Waals surface area contributed by atoms with Gasteiger partial charge in [0.2, 0.25) is 0 Å². The third kappa shape index (κ3) is 4.01. The van der Waals surface area contributed by atoms with E-state index in [1.54, 1.807) is 12.1 Å². The van der Waals surface area contributed by atoms with E-state index < -0.39 is 17.5 Å². The molecular weight excluding hydrogens is 367 g/mol. The third-order valence-electron chi connectivity index (χ3n) is 2.54. The monoisotopic (exact) mass is 375 g/mol. The Morgan fingerprint density at radius 2 is 1.86 bits per heavy atom. The lowest BCUT2D eigenvalue weighted by molar-refractivity contribution is 0.102. The lowest BCUT2D eigenvalue weighted by Gasteiger charge is -2.11. The second-order valence-corrected chi connectivity index (χ2v) is 5.81. The molecule has 0 unspecified atom stereocenters. The van der Waals surface area contributed by atoms with Gasteiger partial charge in [0.15, 0.2) is 0 Å². The molecule has 2 rings (SSSR count). The van der Waals surface area contributed by atoms with Gasteiger partial charge in [-0.05, 0) is 40.2 Å². The van der Waals surface area contributed by atoms with Crippen LogP contribution in [0.2, 0.25) is 0 Å². The predicted molar refractivity (Wildman–Crippen MR) is 80.4 cm³/mol. The lowest BCUT2D eigenvalue weighted by atomic mass is 10.2. The van der Waals surface area contributed by atoms with Crippen molar-refractivity contribution in [3.63, 3.8) is 0 Å². The van der Waals surface area contributed by atoms with Gasteiger partial charge in [0.05, 0.1) is 11.3 Å². The lowest BCUT2D eigenvalue weighted by Crippen LogP contribution is -2.15. The van der Waals surface area contributed by atoms with Crippen molar-refractivity contribution in [2.75, 3.05) is 5.32 Å². The molecule has 1 N–H and O–H groups in total. The first-order chi connectivity index (χ1) is 9.99. The zero-order chi connectivity index (χ0) is 15.4. The molecule has 0 saturated carbocycles. The van der Waals surface area contributed by atoms with Crippen LogP contribution < -0.4 is 5.32 Å². The summed E-state index contributed by atoms with van der Waals surface area (Å²) in [4.78, 5) is 12.3. The minimum atomic E-state index is -2.61. The normalized spacial score (nSPS) is 10.7. The highest BCUT2D eigenvalue weighted by atomic mass is 79.9. The van der Waals surface area contributed by atoms with E-state index in [4.69, 9.17) is 0 Å². The summed E-state index contributed by atoms with van der Waals surface area (Å²) in [6.07, 6.45) is 0. The van der Waals surface area contributed by atoms with Crippen LogP contribution in [0, 0.1) is 5.82 Å². The molecule has 0 aromatic heterocycles. The van der Waals surface area contributed by atoms with Crippen molar-refractivity contribution in [1.29, 1.82) is 0 Å². The number of nitrogens with one attached hydrogen (secondary N) is 1. The van der Waals surface area contributed by atoms with Crippen molar-refractivity contribution in [3.05, 3.63) is 58.3 Å². The summed E-state index contributed by atoms with van der Waals surface area (Å²) in [7, 11) is 0. The van der Waals surface area contributed by atoms with Gasteiger partial charge in [-0.3, -0.25) is 4.79 Å². The van der Waals surface area contributed by atoms with Crippen molar-refractivity contribution >= 4 is 39.3 Å². The minimum Gasteiger partial charge on any atom is -0.321 e. The van der Waals surface area contributed by atoms with Crippen molar-refractivity contribution in [1.82, 2.24) is 0 Å². The summed E-state index contributed by atoms with van der Waals surface area (Å²) in [5, 5.41) is 2.45. The summed E-state index contributed by atoms with van der Waals surface area (Å²) < 4.78 is 38.9. The smallest absolute Gasteiger partial charge is 0.288 e. The second-order valence-electron chi connectivity index (χ2n) is 3.93.